The van der Waals surface area contributed by atoms with Gasteiger partial charge in [-0.3, -0.25) is 14.3 Å². The Morgan fingerprint density at radius 3 is 1.92 bits per heavy atom. The van der Waals surface area contributed by atoms with Crippen molar-refractivity contribution >= 4 is 11.9 Å². The Kier molecular flexibility index (Phi) is 10.5. The van der Waals surface area contributed by atoms with Crippen LogP contribution in [0.2, 0.25) is 0 Å². The molecule has 0 fully saturated rings. The Morgan fingerprint density at radius 2 is 1.56 bits per heavy atom. The molecule has 0 unspecified atom stereocenters. The van der Waals surface area contributed by atoms with Crippen LogP contribution in [0.25, 0.3) is 0 Å². The first-order chi connectivity index (χ1) is 16.3. The summed E-state index contributed by atoms with van der Waals surface area (Å²) in [5.74, 6) is -5.51. The van der Waals surface area contributed by atoms with E-state index in [-0.39, 0.29) is 0 Å². The minimum atomic E-state index is -5.08. The van der Waals surface area contributed by atoms with Gasteiger partial charge in [-0.2, -0.15) is 36.5 Å². The summed E-state index contributed by atoms with van der Waals surface area (Å²) in [6, 6.07) is 0.406. The van der Waals surface area contributed by atoms with Gasteiger partial charge in [0.25, 0.3) is 0 Å². The molecule has 0 saturated heterocycles. The molecule has 1 aliphatic heterocycles. The molecule has 10 nitrogen and oxygen atoms in total. The molecule has 36 heavy (non-hydrogen) atoms. The maximum absolute atomic E-state index is 10.6. The predicted molar refractivity (Wildman–Crippen MR) is 114 cm³/mol. The summed E-state index contributed by atoms with van der Waals surface area (Å²) in [4.78, 5) is 22.5. The van der Waals surface area contributed by atoms with E-state index in [0.29, 0.717) is 6.04 Å². The molecule has 0 bridgehead atoms. The molecule has 2 aromatic heterocycles. The second-order valence-corrected chi connectivity index (χ2v) is 8.42. The zero-order chi connectivity index (χ0) is 28.0. The number of aryl methyl sites for hydroxylation is 1. The van der Waals surface area contributed by atoms with Gasteiger partial charge in [0.1, 0.15) is 0 Å². The highest BCUT2D eigenvalue weighted by Gasteiger charge is 2.38. The molecule has 16 heteroatoms. The predicted octanol–water partition coefficient (Wildman–Crippen LogP) is 3.04. The van der Waals surface area contributed by atoms with Gasteiger partial charge < -0.3 is 15.1 Å². The number of fused-ring (bicyclic) bond motifs is 1. The van der Waals surface area contributed by atoms with Crippen LogP contribution >= 0.6 is 0 Å². The van der Waals surface area contributed by atoms with E-state index in [1.165, 1.54) is 22.5 Å². The zero-order valence-corrected chi connectivity index (χ0v) is 20.2. The normalized spacial score (nSPS) is 13.7. The van der Waals surface area contributed by atoms with Crippen molar-refractivity contribution in [2.75, 3.05) is 14.1 Å². The van der Waals surface area contributed by atoms with Crippen molar-refractivity contribution in [3.63, 3.8) is 0 Å². The van der Waals surface area contributed by atoms with Gasteiger partial charge in [-0.05, 0) is 27.9 Å². The highest BCUT2D eigenvalue weighted by atomic mass is 19.4. The lowest BCUT2D eigenvalue weighted by atomic mass is 10.2. The van der Waals surface area contributed by atoms with Gasteiger partial charge in [0.05, 0.1) is 17.6 Å². The van der Waals surface area contributed by atoms with Gasteiger partial charge in [0, 0.05) is 56.6 Å². The highest BCUT2D eigenvalue weighted by Crippen LogP contribution is 2.29. The molecule has 2 aromatic rings. The molecular formula is C20H28F6N6O4. The summed E-state index contributed by atoms with van der Waals surface area (Å²) < 4.78 is 67.5. The van der Waals surface area contributed by atoms with Crippen molar-refractivity contribution in [2.45, 2.75) is 58.4 Å². The van der Waals surface area contributed by atoms with E-state index in [9.17, 15) is 26.3 Å². The number of nitrogens with zero attached hydrogens (tertiary/aromatic N) is 6. The molecule has 204 valence electrons. The van der Waals surface area contributed by atoms with E-state index in [1.807, 2.05) is 17.9 Å². The minimum Gasteiger partial charge on any atom is -0.475 e. The molecule has 0 spiro atoms. The number of hydrogen-bond donors (Lipinski definition) is 2. The minimum absolute atomic E-state index is 0.406. The number of alkyl halides is 6. The van der Waals surface area contributed by atoms with Crippen molar-refractivity contribution in [2.24, 2.45) is 7.05 Å². The Bertz CT molecular complexity index is 1010. The van der Waals surface area contributed by atoms with E-state index >= 15 is 0 Å². The molecule has 0 atom stereocenters. The Hall–Kier alpha value is -3.14. The van der Waals surface area contributed by atoms with Crippen LogP contribution in [0.4, 0.5) is 26.3 Å². The number of rotatable bonds is 5. The molecule has 3 rings (SSSR count). The number of hydrogen-bond acceptors (Lipinski definition) is 6. The van der Waals surface area contributed by atoms with E-state index in [4.69, 9.17) is 24.9 Å². The van der Waals surface area contributed by atoms with Crippen LogP contribution in [0, 0.1) is 0 Å². The monoisotopic (exact) mass is 530 g/mol. The maximum Gasteiger partial charge on any atom is 0.490 e. The summed E-state index contributed by atoms with van der Waals surface area (Å²) in [6.07, 6.45) is -6.11. The topological polar surface area (TPSA) is 117 Å². The van der Waals surface area contributed by atoms with Crippen LogP contribution in [0.5, 0.6) is 0 Å². The smallest absolute Gasteiger partial charge is 0.475 e. The summed E-state index contributed by atoms with van der Waals surface area (Å²) in [5, 5.41) is 23.4. The number of carboxylic acids is 2. The average molecular weight is 530 g/mol. The third kappa shape index (κ3) is 9.49. The van der Waals surface area contributed by atoms with Gasteiger partial charge in [-0.1, -0.05) is 0 Å². The summed E-state index contributed by atoms with van der Waals surface area (Å²) in [6.45, 7) is 8.22. The molecule has 3 heterocycles. The van der Waals surface area contributed by atoms with Gasteiger partial charge in [0.15, 0.2) is 0 Å². The molecule has 2 N–H and O–H groups in total. The molecule has 0 aliphatic carbocycles. The lowest BCUT2D eigenvalue weighted by Crippen LogP contribution is -2.21. The van der Waals surface area contributed by atoms with E-state index in [0.717, 1.165) is 26.2 Å². The molecule has 1 aliphatic rings. The number of aromatic nitrogens is 4. The lowest BCUT2D eigenvalue weighted by molar-refractivity contribution is -0.193. The Labute approximate surface area is 202 Å². The fourth-order valence-corrected chi connectivity index (χ4v) is 3.17. The van der Waals surface area contributed by atoms with E-state index < -0.39 is 24.3 Å². The van der Waals surface area contributed by atoms with E-state index in [2.05, 4.69) is 53.7 Å². The quantitative estimate of drug-likeness (QED) is 0.567. The largest absolute Gasteiger partial charge is 0.490 e. The van der Waals surface area contributed by atoms with Crippen molar-refractivity contribution < 1.29 is 46.1 Å². The number of halogens is 6. The maximum atomic E-state index is 10.6. The van der Waals surface area contributed by atoms with Crippen molar-refractivity contribution in [3.8, 4) is 0 Å². The fourth-order valence-electron chi connectivity index (χ4n) is 3.17. The number of aliphatic carboxylic acids is 2. The molecule has 0 aromatic carbocycles. The average Bonchev–Trinajstić information content (AvgIpc) is 3.37. The number of carboxylic acid groups (broad SMARTS) is 2. The third-order valence-corrected chi connectivity index (χ3v) is 4.56. The zero-order valence-electron chi connectivity index (χ0n) is 20.2. The first kappa shape index (κ1) is 30.9. The van der Waals surface area contributed by atoms with Crippen LogP contribution < -0.4 is 0 Å². The standard InChI is InChI=1S/C16H26N6.2C2HF3O2/c1-12(2)22-16-11-21(8-13-6-17-20(5)7-13)9-14(16)15(18-22)10-19(3)4;2*3-2(4,5)1(6)7/h6-7,12H,8-11H2,1-5H3;2*(H,6,7). The van der Waals surface area contributed by atoms with Crippen molar-refractivity contribution in [1.82, 2.24) is 29.4 Å². The van der Waals surface area contributed by atoms with Crippen LogP contribution in [0.1, 0.15) is 42.4 Å². The second-order valence-electron chi connectivity index (χ2n) is 8.42. The SMILES string of the molecule is CC(C)n1nc(CN(C)C)c2c1CN(Cc1cnn(C)c1)C2.O=C(O)C(F)(F)F.O=C(O)C(F)(F)F. The summed E-state index contributed by atoms with van der Waals surface area (Å²) in [5.41, 5.74) is 5.30. The van der Waals surface area contributed by atoms with Crippen LogP contribution in [-0.4, -0.2) is 78.0 Å². The van der Waals surface area contributed by atoms with Gasteiger partial charge in [-0.15, -0.1) is 0 Å². The molecule has 0 amide bonds. The Balaban J connectivity index is 0.000000383. The summed E-state index contributed by atoms with van der Waals surface area (Å²) in [7, 11) is 6.17. The van der Waals surface area contributed by atoms with Crippen LogP contribution in [0.15, 0.2) is 12.4 Å². The third-order valence-electron chi connectivity index (χ3n) is 4.56. The van der Waals surface area contributed by atoms with Crippen LogP contribution in [-0.2, 0) is 42.8 Å². The first-order valence-corrected chi connectivity index (χ1v) is 10.4. The fraction of sp³-hybridized carbons (Fsp3) is 0.600. The van der Waals surface area contributed by atoms with Crippen molar-refractivity contribution in [1.29, 1.82) is 0 Å². The van der Waals surface area contributed by atoms with Crippen molar-refractivity contribution in [3.05, 3.63) is 34.9 Å². The Morgan fingerprint density at radius 1 is 1.06 bits per heavy atom. The van der Waals surface area contributed by atoms with Gasteiger partial charge in [0.2, 0.25) is 0 Å². The summed E-state index contributed by atoms with van der Waals surface area (Å²) >= 11 is 0. The van der Waals surface area contributed by atoms with Gasteiger partial charge in [-0.25, -0.2) is 9.59 Å². The lowest BCUT2D eigenvalue weighted by Gasteiger charge is -2.16. The molecule has 0 radical (unpaired) electrons. The van der Waals surface area contributed by atoms with Crippen LogP contribution in [0.3, 0.4) is 0 Å². The molecular weight excluding hydrogens is 502 g/mol. The second kappa shape index (κ2) is 12.2. The van der Waals surface area contributed by atoms with E-state index in [1.54, 1.807) is 0 Å². The molecule has 0 saturated carbocycles. The number of carbonyl (C=O) groups is 2. The highest BCUT2D eigenvalue weighted by molar-refractivity contribution is 5.73. The van der Waals surface area contributed by atoms with Gasteiger partial charge >= 0.3 is 24.3 Å². The first-order valence-electron chi connectivity index (χ1n) is 10.4.